The third kappa shape index (κ3) is 3.96. The lowest BCUT2D eigenvalue weighted by molar-refractivity contribution is -0.117. The molecule has 25 heavy (non-hydrogen) atoms. The highest BCUT2D eigenvalue weighted by atomic mass is 32.1. The standard InChI is InChI=1S/C19H19NO4S/c1-11-12(2)25-18(20-17(22)14-8-9-14)16(11)19(23)24-10-15(21)13-6-4-3-5-7-13/h3-7,14H,8-10H2,1-2H3,(H,20,22). The summed E-state index contributed by atoms with van der Waals surface area (Å²) in [7, 11) is 0. The van der Waals surface area contributed by atoms with Crippen molar-refractivity contribution in [3.05, 3.63) is 51.9 Å². The van der Waals surface area contributed by atoms with Crippen molar-refractivity contribution < 1.29 is 19.1 Å². The van der Waals surface area contributed by atoms with Crippen LogP contribution in [0.4, 0.5) is 5.00 Å². The molecule has 1 amide bonds. The van der Waals surface area contributed by atoms with Crippen molar-refractivity contribution in [1.29, 1.82) is 0 Å². The van der Waals surface area contributed by atoms with Gasteiger partial charge in [0.1, 0.15) is 5.00 Å². The zero-order chi connectivity index (χ0) is 18.0. The van der Waals surface area contributed by atoms with E-state index < -0.39 is 5.97 Å². The minimum absolute atomic E-state index is 0.0474. The fourth-order valence-corrected chi connectivity index (χ4v) is 3.48. The predicted octanol–water partition coefficient (Wildman–Crippen LogP) is 3.75. The maximum Gasteiger partial charge on any atom is 0.341 e. The van der Waals surface area contributed by atoms with E-state index in [1.165, 1.54) is 11.3 Å². The summed E-state index contributed by atoms with van der Waals surface area (Å²) >= 11 is 1.36. The normalized spacial score (nSPS) is 13.4. The van der Waals surface area contributed by atoms with Gasteiger partial charge in [-0.05, 0) is 32.3 Å². The molecule has 0 aliphatic heterocycles. The van der Waals surface area contributed by atoms with Crippen LogP contribution in [-0.4, -0.2) is 24.3 Å². The summed E-state index contributed by atoms with van der Waals surface area (Å²) in [5.41, 5.74) is 1.61. The molecule has 1 aromatic carbocycles. The minimum Gasteiger partial charge on any atom is -0.454 e. The van der Waals surface area contributed by atoms with Gasteiger partial charge in [-0.3, -0.25) is 9.59 Å². The monoisotopic (exact) mass is 357 g/mol. The van der Waals surface area contributed by atoms with Crippen LogP contribution >= 0.6 is 11.3 Å². The summed E-state index contributed by atoms with van der Waals surface area (Å²) in [5.74, 6) is -0.860. The van der Waals surface area contributed by atoms with Gasteiger partial charge in [0.15, 0.2) is 12.4 Å². The Morgan fingerprint density at radius 1 is 1.16 bits per heavy atom. The molecule has 5 nitrogen and oxygen atoms in total. The molecule has 130 valence electrons. The quantitative estimate of drug-likeness (QED) is 0.631. The first-order valence-corrected chi connectivity index (χ1v) is 8.95. The van der Waals surface area contributed by atoms with Crippen molar-refractivity contribution in [2.75, 3.05) is 11.9 Å². The van der Waals surface area contributed by atoms with Gasteiger partial charge in [-0.2, -0.15) is 0 Å². The lowest BCUT2D eigenvalue weighted by Gasteiger charge is -2.08. The first kappa shape index (κ1) is 17.4. The molecule has 1 aromatic heterocycles. The Morgan fingerprint density at radius 2 is 1.84 bits per heavy atom. The van der Waals surface area contributed by atoms with Crippen molar-refractivity contribution in [1.82, 2.24) is 0 Å². The average molecular weight is 357 g/mol. The summed E-state index contributed by atoms with van der Waals surface area (Å²) in [4.78, 5) is 37.5. The smallest absolute Gasteiger partial charge is 0.341 e. The van der Waals surface area contributed by atoms with E-state index in [4.69, 9.17) is 4.74 Å². The van der Waals surface area contributed by atoms with Gasteiger partial charge in [0, 0.05) is 16.4 Å². The topological polar surface area (TPSA) is 72.5 Å². The molecule has 0 bridgehead atoms. The number of ketones is 1. The molecule has 0 atom stereocenters. The van der Waals surface area contributed by atoms with Gasteiger partial charge in [0.25, 0.3) is 0 Å². The summed E-state index contributed by atoms with van der Waals surface area (Å²) in [6.45, 7) is 3.38. The maximum absolute atomic E-state index is 12.5. The number of aryl methyl sites for hydroxylation is 1. The van der Waals surface area contributed by atoms with Gasteiger partial charge >= 0.3 is 5.97 Å². The first-order valence-electron chi connectivity index (χ1n) is 8.13. The summed E-state index contributed by atoms with van der Waals surface area (Å²) in [6, 6.07) is 8.68. The largest absolute Gasteiger partial charge is 0.454 e. The number of ether oxygens (including phenoxy) is 1. The molecule has 1 fully saturated rings. The summed E-state index contributed by atoms with van der Waals surface area (Å²) in [6.07, 6.45) is 1.78. The number of thiophene rings is 1. The van der Waals surface area contributed by atoms with Crippen LogP contribution in [0.3, 0.4) is 0 Å². The fourth-order valence-electron chi connectivity index (χ4n) is 2.43. The van der Waals surface area contributed by atoms with Crippen LogP contribution in [0.25, 0.3) is 0 Å². The Labute approximate surface area is 150 Å². The number of nitrogens with one attached hydrogen (secondary N) is 1. The summed E-state index contributed by atoms with van der Waals surface area (Å²) in [5, 5.41) is 3.33. The molecule has 0 saturated heterocycles. The second kappa shape index (κ2) is 7.19. The van der Waals surface area contributed by atoms with E-state index in [1.54, 1.807) is 24.3 Å². The molecule has 6 heteroatoms. The maximum atomic E-state index is 12.5. The van der Waals surface area contributed by atoms with E-state index >= 15 is 0 Å². The number of rotatable bonds is 6. The van der Waals surface area contributed by atoms with Crippen LogP contribution in [0.15, 0.2) is 30.3 Å². The van der Waals surface area contributed by atoms with Crippen LogP contribution in [-0.2, 0) is 9.53 Å². The Balaban J connectivity index is 1.70. The third-order valence-corrected chi connectivity index (χ3v) is 5.33. The highest BCUT2D eigenvalue weighted by Gasteiger charge is 2.31. The fraction of sp³-hybridized carbons (Fsp3) is 0.316. The first-order chi connectivity index (χ1) is 12.0. The minimum atomic E-state index is -0.586. The lowest BCUT2D eigenvalue weighted by Crippen LogP contribution is -2.18. The molecule has 1 saturated carbocycles. The second-order valence-electron chi connectivity index (χ2n) is 6.12. The number of Topliss-reactive ketones (excluding diaryl/α,β-unsaturated/α-hetero) is 1. The van der Waals surface area contributed by atoms with E-state index in [-0.39, 0.29) is 24.2 Å². The van der Waals surface area contributed by atoms with Gasteiger partial charge in [-0.25, -0.2) is 4.79 Å². The number of anilines is 1. The highest BCUT2D eigenvalue weighted by Crippen LogP contribution is 2.36. The number of esters is 1. The van der Waals surface area contributed by atoms with Gasteiger partial charge in [0.05, 0.1) is 5.56 Å². The number of hydrogen-bond acceptors (Lipinski definition) is 5. The van der Waals surface area contributed by atoms with Crippen LogP contribution < -0.4 is 5.32 Å². The van der Waals surface area contributed by atoms with E-state index in [9.17, 15) is 14.4 Å². The molecule has 1 N–H and O–H groups in total. The highest BCUT2D eigenvalue weighted by molar-refractivity contribution is 7.16. The van der Waals surface area contributed by atoms with Crippen molar-refractivity contribution >= 4 is 34.0 Å². The Hall–Kier alpha value is -2.47. The van der Waals surface area contributed by atoms with Crippen molar-refractivity contribution in [3.63, 3.8) is 0 Å². The molecule has 0 spiro atoms. The molecular formula is C19H19NO4S. The Morgan fingerprint density at radius 3 is 2.48 bits per heavy atom. The van der Waals surface area contributed by atoms with Gasteiger partial charge in [0.2, 0.25) is 5.91 Å². The van der Waals surface area contributed by atoms with E-state index in [0.29, 0.717) is 16.1 Å². The zero-order valence-electron chi connectivity index (χ0n) is 14.1. The molecule has 0 unspecified atom stereocenters. The van der Waals surface area contributed by atoms with Crippen LogP contribution in [0.2, 0.25) is 0 Å². The number of carbonyl (C=O) groups is 3. The number of amides is 1. The SMILES string of the molecule is Cc1sc(NC(=O)C2CC2)c(C(=O)OCC(=O)c2ccccc2)c1C. The molecule has 0 radical (unpaired) electrons. The third-order valence-electron chi connectivity index (χ3n) is 4.20. The van der Waals surface area contributed by atoms with Gasteiger partial charge in [-0.1, -0.05) is 30.3 Å². The molecular weight excluding hydrogens is 338 g/mol. The number of benzene rings is 1. The van der Waals surface area contributed by atoms with Crippen molar-refractivity contribution in [2.24, 2.45) is 5.92 Å². The zero-order valence-corrected chi connectivity index (χ0v) is 14.9. The Kier molecular flexibility index (Phi) is 4.99. The number of carbonyl (C=O) groups excluding carboxylic acids is 3. The van der Waals surface area contributed by atoms with E-state index in [1.807, 2.05) is 19.9 Å². The lowest BCUT2D eigenvalue weighted by atomic mass is 10.1. The van der Waals surface area contributed by atoms with Crippen molar-refractivity contribution in [2.45, 2.75) is 26.7 Å². The molecule has 1 aliphatic rings. The van der Waals surface area contributed by atoms with Crippen LogP contribution in [0, 0.1) is 19.8 Å². The predicted molar refractivity (Wildman–Crippen MR) is 96.2 cm³/mol. The van der Waals surface area contributed by atoms with Crippen LogP contribution in [0.5, 0.6) is 0 Å². The second-order valence-corrected chi connectivity index (χ2v) is 7.34. The van der Waals surface area contributed by atoms with Crippen molar-refractivity contribution in [3.8, 4) is 0 Å². The average Bonchev–Trinajstić information content (AvgIpc) is 3.41. The molecule has 1 heterocycles. The van der Waals surface area contributed by atoms with E-state index in [0.717, 1.165) is 23.3 Å². The van der Waals surface area contributed by atoms with Gasteiger partial charge in [-0.15, -0.1) is 11.3 Å². The summed E-state index contributed by atoms with van der Waals surface area (Å²) < 4.78 is 5.20. The molecule has 1 aliphatic carbocycles. The van der Waals surface area contributed by atoms with E-state index in [2.05, 4.69) is 5.32 Å². The number of hydrogen-bond donors (Lipinski definition) is 1. The Bertz CT molecular complexity index is 821. The molecule has 2 aromatic rings. The van der Waals surface area contributed by atoms with Gasteiger partial charge < -0.3 is 10.1 Å². The molecule has 3 rings (SSSR count). The van der Waals surface area contributed by atoms with Crippen LogP contribution in [0.1, 0.15) is 44.0 Å².